The van der Waals surface area contributed by atoms with Crippen LogP contribution in [-0.2, 0) is 23.0 Å². The third kappa shape index (κ3) is 3.92. The quantitative estimate of drug-likeness (QED) is 0.841. The van der Waals surface area contributed by atoms with Crippen LogP contribution in [0.5, 0.6) is 0 Å². The lowest BCUT2D eigenvalue weighted by molar-refractivity contribution is 0.215. The molecule has 0 saturated carbocycles. The van der Waals surface area contributed by atoms with Crippen molar-refractivity contribution in [3.05, 3.63) is 36.0 Å². The highest BCUT2D eigenvalue weighted by atomic mass is 32.2. The first-order valence-corrected chi connectivity index (χ1v) is 9.42. The second kappa shape index (κ2) is 6.88. The van der Waals surface area contributed by atoms with E-state index in [-0.39, 0.29) is 4.90 Å². The number of nitrogens with zero attached hydrogens (tertiary/aromatic N) is 4. The summed E-state index contributed by atoms with van der Waals surface area (Å²) in [5.74, 6) is 1.39. The van der Waals surface area contributed by atoms with Crippen LogP contribution >= 0.6 is 0 Å². The van der Waals surface area contributed by atoms with Crippen molar-refractivity contribution in [2.24, 2.45) is 5.14 Å². The summed E-state index contributed by atoms with van der Waals surface area (Å²) in [6.45, 7) is 6.11. The first kappa shape index (κ1) is 16.9. The van der Waals surface area contributed by atoms with E-state index >= 15 is 0 Å². The summed E-state index contributed by atoms with van der Waals surface area (Å²) in [5.41, 5.74) is 0.994. The molecule has 130 valence electrons. The zero-order valence-corrected chi connectivity index (χ0v) is 14.4. The highest BCUT2D eigenvalue weighted by Gasteiger charge is 2.19. The average Bonchev–Trinajstić information content (AvgIpc) is 3.02. The zero-order valence-electron chi connectivity index (χ0n) is 13.6. The summed E-state index contributed by atoms with van der Waals surface area (Å²) in [5, 5.41) is 9.03. The number of aromatic nitrogens is 2. The van der Waals surface area contributed by atoms with Gasteiger partial charge in [0.05, 0.1) is 11.4 Å². The normalized spacial score (nSPS) is 16.5. The van der Waals surface area contributed by atoms with Crippen LogP contribution in [0.3, 0.4) is 0 Å². The van der Waals surface area contributed by atoms with Crippen molar-refractivity contribution >= 4 is 15.7 Å². The summed E-state index contributed by atoms with van der Waals surface area (Å²) in [7, 11) is -3.64. The molecule has 0 amide bonds. The highest BCUT2D eigenvalue weighted by molar-refractivity contribution is 7.89. The summed E-state index contributed by atoms with van der Waals surface area (Å²) in [6.07, 6.45) is 0.770. The molecule has 0 unspecified atom stereocenters. The Balaban J connectivity index is 1.56. The second-order valence-electron chi connectivity index (χ2n) is 5.76. The molecule has 24 heavy (non-hydrogen) atoms. The van der Waals surface area contributed by atoms with Gasteiger partial charge in [0, 0.05) is 38.3 Å². The molecular formula is C15H21N5O3S. The molecule has 0 spiro atoms. The van der Waals surface area contributed by atoms with Gasteiger partial charge < -0.3 is 9.42 Å². The molecule has 1 fully saturated rings. The molecule has 2 N–H and O–H groups in total. The molecule has 1 aliphatic rings. The smallest absolute Gasteiger partial charge is 0.240 e. The van der Waals surface area contributed by atoms with Gasteiger partial charge in [-0.25, -0.2) is 13.6 Å². The highest BCUT2D eigenvalue weighted by Crippen LogP contribution is 2.19. The third-order valence-electron chi connectivity index (χ3n) is 4.09. The molecule has 3 rings (SSSR count). The minimum Gasteiger partial charge on any atom is -0.369 e. The molecule has 0 aliphatic carbocycles. The first-order valence-electron chi connectivity index (χ1n) is 7.87. The number of aryl methyl sites for hydroxylation is 1. The van der Waals surface area contributed by atoms with Crippen LogP contribution in [0.15, 0.2) is 33.7 Å². The summed E-state index contributed by atoms with van der Waals surface area (Å²) >= 11 is 0. The van der Waals surface area contributed by atoms with Crippen LogP contribution in [0, 0.1) is 0 Å². The molecule has 0 atom stereocenters. The first-order chi connectivity index (χ1) is 11.5. The summed E-state index contributed by atoms with van der Waals surface area (Å²) in [6, 6.07) is 6.67. The number of hydrogen-bond donors (Lipinski definition) is 1. The molecule has 1 aromatic heterocycles. The van der Waals surface area contributed by atoms with Crippen LogP contribution in [-0.4, -0.2) is 49.6 Å². The Hall–Kier alpha value is -1.97. The van der Waals surface area contributed by atoms with Crippen LogP contribution in [0.1, 0.15) is 18.6 Å². The van der Waals surface area contributed by atoms with Crippen molar-refractivity contribution in [1.29, 1.82) is 0 Å². The van der Waals surface area contributed by atoms with Crippen molar-refractivity contribution in [2.75, 3.05) is 31.1 Å². The Kier molecular flexibility index (Phi) is 4.83. The van der Waals surface area contributed by atoms with Gasteiger partial charge in [-0.2, -0.15) is 4.98 Å². The molecule has 9 heteroatoms. The SMILES string of the molecule is CCc1noc(CN2CCN(c3ccc(S(N)(=O)=O)cc3)CC2)n1. The van der Waals surface area contributed by atoms with Crippen LogP contribution in [0.25, 0.3) is 0 Å². The molecule has 1 aromatic carbocycles. The van der Waals surface area contributed by atoms with Crippen LogP contribution in [0.4, 0.5) is 5.69 Å². The van der Waals surface area contributed by atoms with Gasteiger partial charge in [0.25, 0.3) is 0 Å². The van der Waals surface area contributed by atoms with E-state index in [2.05, 4.69) is 19.9 Å². The molecule has 1 aliphatic heterocycles. The Morgan fingerprint density at radius 1 is 1.17 bits per heavy atom. The van der Waals surface area contributed by atoms with Crippen LogP contribution in [0.2, 0.25) is 0 Å². The fourth-order valence-electron chi connectivity index (χ4n) is 2.70. The predicted molar refractivity (Wildman–Crippen MR) is 89.0 cm³/mol. The minimum absolute atomic E-state index is 0.132. The van der Waals surface area contributed by atoms with Gasteiger partial charge in [0.2, 0.25) is 15.9 Å². The number of sulfonamides is 1. The standard InChI is InChI=1S/C15H21N5O3S/c1-2-14-17-15(23-18-14)11-19-7-9-20(10-8-19)12-3-5-13(6-4-12)24(16,21)22/h3-6H,2,7-11H2,1H3,(H2,16,21,22). The summed E-state index contributed by atoms with van der Waals surface area (Å²) in [4.78, 5) is 8.95. The van der Waals surface area contributed by atoms with E-state index in [9.17, 15) is 8.42 Å². The lowest BCUT2D eigenvalue weighted by atomic mass is 10.2. The maximum Gasteiger partial charge on any atom is 0.240 e. The number of primary sulfonamides is 1. The van der Waals surface area contributed by atoms with E-state index in [1.54, 1.807) is 24.3 Å². The Bertz CT molecular complexity index is 780. The van der Waals surface area contributed by atoms with E-state index in [1.165, 1.54) is 0 Å². The van der Waals surface area contributed by atoms with Crippen molar-refractivity contribution in [3.63, 3.8) is 0 Å². The molecule has 8 nitrogen and oxygen atoms in total. The Labute approximate surface area is 141 Å². The molecular weight excluding hydrogens is 330 g/mol. The number of benzene rings is 1. The summed E-state index contributed by atoms with van der Waals surface area (Å²) < 4.78 is 27.8. The second-order valence-corrected chi connectivity index (χ2v) is 7.32. The number of rotatable bonds is 5. The Morgan fingerprint density at radius 3 is 2.38 bits per heavy atom. The van der Waals surface area contributed by atoms with Crippen molar-refractivity contribution in [3.8, 4) is 0 Å². The van der Waals surface area contributed by atoms with E-state index in [0.717, 1.165) is 44.1 Å². The zero-order chi connectivity index (χ0) is 17.2. The Morgan fingerprint density at radius 2 is 1.83 bits per heavy atom. The van der Waals surface area contributed by atoms with Gasteiger partial charge in [-0.1, -0.05) is 12.1 Å². The lowest BCUT2D eigenvalue weighted by Crippen LogP contribution is -2.46. The largest absolute Gasteiger partial charge is 0.369 e. The minimum atomic E-state index is -3.64. The third-order valence-corrected chi connectivity index (χ3v) is 5.02. The lowest BCUT2D eigenvalue weighted by Gasteiger charge is -2.35. The molecule has 0 bridgehead atoms. The monoisotopic (exact) mass is 351 g/mol. The topological polar surface area (TPSA) is 106 Å². The fraction of sp³-hybridized carbons (Fsp3) is 0.467. The number of anilines is 1. The number of nitrogens with two attached hydrogens (primary N) is 1. The number of piperazine rings is 1. The fourth-order valence-corrected chi connectivity index (χ4v) is 3.22. The molecule has 0 radical (unpaired) electrons. The maximum atomic E-state index is 11.3. The van der Waals surface area contributed by atoms with Crippen molar-refractivity contribution < 1.29 is 12.9 Å². The van der Waals surface area contributed by atoms with Gasteiger partial charge in [-0.05, 0) is 24.3 Å². The maximum absolute atomic E-state index is 11.3. The van der Waals surface area contributed by atoms with E-state index in [0.29, 0.717) is 12.4 Å². The van der Waals surface area contributed by atoms with Gasteiger partial charge in [0.1, 0.15) is 0 Å². The van der Waals surface area contributed by atoms with E-state index < -0.39 is 10.0 Å². The van der Waals surface area contributed by atoms with Gasteiger partial charge in [0.15, 0.2) is 5.82 Å². The van der Waals surface area contributed by atoms with Gasteiger partial charge in [-0.3, -0.25) is 4.90 Å². The predicted octanol–water partition coefficient (Wildman–Crippen LogP) is 0.602. The van der Waals surface area contributed by atoms with Gasteiger partial charge in [-0.15, -0.1) is 0 Å². The molecule has 2 heterocycles. The molecule has 1 saturated heterocycles. The number of hydrogen-bond acceptors (Lipinski definition) is 7. The van der Waals surface area contributed by atoms with E-state index in [4.69, 9.17) is 9.66 Å². The van der Waals surface area contributed by atoms with Gasteiger partial charge >= 0.3 is 0 Å². The van der Waals surface area contributed by atoms with Crippen molar-refractivity contribution in [2.45, 2.75) is 24.8 Å². The average molecular weight is 351 g/mol. The molecule has 2 aromatic rings. The van der Waals surface area contributed by atoms with Crippen molar-refractivity contribution in [1.82, 2.24) is 15.0 Å². The van der Waals surface area contributed by atoms with Crippen LogP contribution < -0.4 is 10.0 Å². The van der Waals surface area contributed by atoms with E-state index in [1.807, 2.05) is 6.92 Å².